The van der Waals surface area contributed by atoms with Crippen molar-refractivity contribution in [1.29, 1.82) is 0 Å². The molecule has 196 valence electrons. The molecule has 2 unspecified atom stereocenters. The second kappa shape index (κ2) is 12.1. The highest BCUT2D eigenvalue weighted by Crippen LogP contribution is 2.27. The number of likely N-dealkylation sites (tertiary alicyclic amines) is 1. The molecule has 0 saturated carbocycles. The van der Waals surface area contributed by atoms with Gasteiger partial charge in [0.1, 0.15) is 23.9 Å². The van der Waals surface area contributed by atoms with Gasteiger partial charge in [0.15, 0.2) is 0 Å². The number of amides is 3. The van der Waals surface area contributed by atoms with Gasteiger partial charge in [-0.25, -0.2) is 0 Å². The van der Waals surface area contributed by atoms with Crippen LogP contribution in [0.2, 0.25) is 0 Å². The van der Waals surface area contributed by atoms with Crippen molar-refractivity contribution in [2.24, 2.45) is 5.92 Å². The predicted octanol–water partition coefficient (Wildman–Crippen LogP) is 2.50. The molecule has 5 rings (SSSR count). The van der Waals surface area contributed by atoms with Gasteiger partial charge in [0, 0.05) is 19.2 Å². The minimum absolute atomic E-state index is 0.100. The first-order chi connectivity index (χ1) is 17.9. The van der Waals surface area contributed by atoms with Gasteiger partial charge in [0.2, 0.25) is 17.7 Å². The van der Waals surface area contributed by atoms with E-state index in [1.165, 1.54) is 0 Å². The molecule has 8 heteroatoms. The Morgan fingerprint density at radius 2 is 1.84 bits per heavy atom. The van der Waals surface area contributed by atoms with Crippen molar-refractivity contribution in [3.05, 3.63) is 71.9 Å². The van der Waals surface area contributed by atoms with Crippen molar-refractivity contribution in [2.75, 3.05) is 13.6 Å². The molecule has 0 aliphatic carbocycles. The zero-order chi connectivity index (χ0) is 26.4. The standard InChI is InChI=1S/C29H36N4O4/c1-4-19(2)25-27(34)31-16-14-20-10-12-22(13-11-20)37-24-15-17-33(26(24)28(35)32-25)29(36)23(30-3)18-21-8-6-5-7-9-21/h5-14,16,19,23-26,30H,4,15,17-18H2,1-3H3,(H,31,34)(H,32,35)/b16-14+/t19?,23-,24-,25-,26?/m0/s1. The zero-order valence-electron chi connectivity index (χ0n) is 21.6. The number of hydrogen-bond donors (Lipinski definition) is 3. The molecule has 2 bridgehead atoms. The Kier molecular flexibility index (Phi) is 8.61. The van der Waals surface area contributed by atoms with Crippen LogP contribution >= 0.6 is 0 Å². The SMILES string of the molecule is CCC(C)[C@@H]1NC(=O)C2[C@H](CCN2C(=O)[C@H](Cc2ccccc2)NC)Oc2ccc(cc2)/C=C/NC1=O. The number of benzene rings is 2. The Labute approximate surface area is 218 Å². The number of rotatable bonds is 6. The summed E-state index contributed by atoms with van der Waals surface area (Å²) < 4.78 is 6.27. The number of hydrogen-bond acceptors (Lipinski definition) is 5. The van der Waals surface area contributed by atoms with Crippen molar-refractivity contribution in [2.45, 2.75) is 57.3 Å². The van der Waals surface area contributed by atoms with E-state index in [0.717, 1.165) is 11.1 Å². The molecule has 37 heavy (non-hydrogen) atoms. The Balaban J connectivity index is 1.65. The zero-order valence-corrected chi connectivity index (χ0v) is 21.6. The molecule has 3 aliphatic heterocycles. The van der Waals surface area contributed by atoms with Crippen LogP contribution in [0.3, 0.4) is 0 Å². The van der Waals surface area contributed by atoms with E-state index in [2.05, 4.69) is 16.0 Å². The average Bonchev–Trinajstić information content (AvgIpc) is 3.34. The minimum atomic E-state index is -0.864. The van der Waals surface area contributed by atoms with E-state index in [1.54, 1.807) is 24.2 Å². The molecule has 1 fully saturated rings. The van der Waals surface area contributed by atoms with Gasteiger partial charge in [0.05, 0.1) is 6.04 Å². The molecule has 3 aliphatic rings. The van der Waals surface area contributed by atoms with Gasteiger partial charge in [-0.1, -0.05) is 62.7 Å². The Morgan fingerprint density at radius 1 is 1.11 bits per heavy atom. The van der Waals surface area contributed by atoms with Crippen molar-refractivity contribution < 1.29 is 19.1 Å². The maximum atomic E-state index is 13.8. The summed E-state index contributed by atoms with van der Waals surface area (Å²) in [6.07, 6.45) is 4.55. The van der Waals surface area contributed by atoms with E-state index in [-0.39, 0.29) is 23.6 Å². The molecule has 2 aromatic carbocycles. The Bertz CT molecular complexity index is 1120. The number of nitrogens with zero attached hydrogens (tertiary/aromatic N) is 1. The van der Waals surface area contributed by atoms with Gasteiger partial charge in [-0.2, -0.15) is 0 Å². The number of likely N-dealkylation sites (N-methyl/N-ethyl adjacent to an activating group) is 1. The van der Waals surface area contributed by atoms with Gasteiger partial charge in [-0.05, 0) is 48.7 Å². The number of nitrogens with one attached hydrogen (secondary N) is 3. The average molecular weight is 505 g/mol. The van der Waals surface area contributed by atoms with E-state index in [4.69, 9.17) is 4.74 Å². The van der Waals surface area contributed by atoms with Crippen LogP contribution in [0.25, 0.3) is 6.08 Å². The van der Waals surface area contributed by atoms with Crippen molar-refractivity contribution in [3.63, 3.8) is 0 Å². The third kappa shape index (κ3) is 6.20. The van der Waals surface area contributed by atoms with Crippen LogP contribution in [-0.2, 0) is 20.8 Å². The molecular weight excluding hydrogens is 468 g/mol. The summed E-state index contributed by atoms with van der Waals surface area (Å²) in [4.78, 5) is 42.2. The Morgan fingerprint density at radius 3 is 2.51 bits per heavy atom. The molecular formula is C29H36N4O4. The van der Waals surface area contributed by atoms with Gasteiger partial charge in [-0.3, -0.25) is 14.4 Å². The molecule has 8 nitrogen and oxygen atoms in total. The van der Waals surface area contributed by atoms with Gasteiger partial charge in [0.25, 0.3) is 0 Å². The van der Waals surface area contributed by atoms with Crippen molar-refractivity contribution in [3.8, 4) is 5.75 Å². The number of ether oxygens (including phenoxy) is 1. The lowest BCUT2D eigenvalue weighted by Crippen LogP contribution is -2.59. The highest BCUT2D eigenvalue weighted by molar-refractivity contribution is 5.94. The van der Waals surface area contributed by atoms with E-state index < -0.39 is 24.2 Å². The summed E-state index contributed by atoms with van der Waals surface area (Å²) in [6.45, 7) is 4.29. The molecule has 1 saturated heterocycles. The van der Waals surface area contributed by atoms with Gasteiger partial charge >= 0.3 is 0 Å². The summed E-state index contributed by atoms with van der Waals surface area (Å²) in [5, 5.41) is 8.87. The quantitative estimate of drug-likeness (QED) is 0.561. The fraction of sp³-hybridized carbons (Fsp3) is 0.414. The second-order valence-corrected chi connectivity index (χ2v) is 9.74. The smallest absolute Gasteiger partial charge is 0.247 e. The second-order valence-electron chi connectivity index (χ2n) is 9.74. The molecule has 0 radical (unpaired) electrons. The monoisotopic (exact) mass is 504 g/mol. The summed E-state index contributed by atoms with van der Waals surface area (Å²) in [7, 11) is 1.75. The third-order valence-corrected chi connectivity index (χ3v) is 7.29. The maximum absolute atomic E-state index is 13.8. The van der Waals surface area contributed by atoms with E-state index in [1.807, 2.05) is 68.4 Å². The normalized spacial score (nSPS) is 24.2. The van der Waals surface area contributed by atoms with E-state index in [0.29, 0.717) is 31.6 Å². The summed E-state index contributed by atoms with van der Waals surface area (Å²) in [5.74, 6) is -0.317. The van der Waals surface area contributed by atoms with Crippen LogP contribution in [0.5, 0.6) is 5.75 Å². The van der Waals surface area contributed by atoms with Crippen LogP contribution in [0.15, 0.2) is 60.8 Å². The third-order valence-electron chi connectivity index (χ3n) is 7.29. The first-order valence-corrected chi connectivity index (χ1v) is 13.0. The predicted molar refractivity (Wildman–Crippen MR) is 143 cm³/mol. The van der Waals surface area contributed by atoms with Crippen LogP contribution in [0.1, 0.15) is 37.8 Å². The topological polar surface area (TPSA) is 99.8 Å². The lowest BCUT2D eigenvalue weighted by molar-refractivity contribution is -0.142. The van der Waals surface area contributed by atoms with Crippen molar-refractivity contribution >= 4 is 23.8 Å². The Hall–Kier alpha value is -3.65. The number of carbonyl (C=O) groups is 3. The molecule has 5 atom stereocenters. The molecule has 3 heterocycles. The lowest BCUT2D eigenvalue weighted by atomic mass is 9.97. The van der Waals surface area contributed by atoms with Gasteiger partial charge < -0.3 is 25.6 Å². The van der Waals surface area contributed by atoms with E-state index in [9.17, 15) is 14.4 Å². The first kappa shape index (κ1) is 26.4. The highest BCUT2D eigenvalue weighted by atomic mass is 16.5. The summed E-state index contributed by atoms with van der Waals surface area (Å²) in [5.41, 5.74) is 1.94. The molecule has 0 spiro atoms. The number of carbonyl (C=O) groups excluding carboxylic acids is 3. The van der Waals surface area contributed by atoms with Crippen LogP contribution in [0.4, 0.5) is 0 Å². The summed E-state index contributed by atoms with van der Waals surface area (Å²) >= 11 is 0. The minimum Gasteiger partial charge on any atom is -0.488 e. The molecule has 3 N–H and O–H groups in total. The molecule has 0 aromatic heterocycles. The highest BCUT2D eigenvalue weighted by Gasteiger charge is 2.46. The van der Waals surface area contributed by atoms with Crippen LogP contribution in [-0.4, -0.2) is 60.4 Å². The largest absolute Gasteiger partial charge is 0.488 e. The number of fused-ring (bicyclic) bond motifs is 7. The van der Waals surface area contributed by atoms with Gasteiger partial charge in [-0.15, -0.1) is 0 Å². The fourth-order valence-corrected chi connectivity index (χ4v) is 4.89. The first-order valence-electron chi connectivity index (χ1n) is 13.0. The molecule has 3 amide bonds. The van der Waals surface area contributed by atoms with E-state index >= 15 is 0 Å². The molecule has 2 aromatic rings. The maximum Gasteiger partial charge on any atom is 0.247 e. The lowest BCUT2D eigenvalue weighted by Gasteiger charge is -2.32. The van der Waals surface area contributed by atoms with Crippen molar-refractivity contribution in [1.82, 2.24) is 20.9 Å². The van der Waals surface area contributed by atoms with Crippen LogP contribution in [0, 0.1) is 5.92 Å². The summed E-state index contributed by atoms with van der Waals surface area (Å²) in [6, 6.07) is 15.1. The van der Waals surface area contributed by atoms with Crippen LogP contribution < -0.4 is 20.7 Å². The fourth-order valence-electron chi connectivity index (χ4n) is 4.89.